The van der Waals surface area contributed by atoms with Gasteiger partial charge in [0.2, 0.25) is 47.3 Å². The second-order valence-electron chi connectivity index (χ2n) is 7.10. The minimum absolute atomic E-state index is 0.239. The molecule has 0 aliphatic rings. The molecule has 0 saturated heterocycles. The maximum atomic E-state index is 12.4. The molecule has 0 aliphatic heterocycles. The summed E-state index contributed by atoms with van der Waals surface area (Å²) in [5.74, 6) is -4.55. The molecule has 17 heteroatoms. The fourth-order valence-electron chi connectivity index (χ4n) is 2.22. The van der Waals surface area contributed by atoms with Crippen LogP contribution in [0.2, 0.25) is 0 Å². The molecule has 36 heavy (non-hydrogen) atoms. The van der Waals surface area contributed by atoms with Crippen molar-refractivity contribution in [3.8, 4) is 0 Å². The number of carbonyl (C=O) groups is 8. The normalized spacial score (nSPS) is 10.7. The first-order chi connectivity index (χ1) is 16.9. The lowest BCUT2D eigenvalue weighted by Crippen LogP contribution is -2.52. The summed E-state index contributed by atoms with van der Waals surface area (Å²) < 4.78 is 0. The van der Waals surface area contributed by atoms with Crippen molar-refractivity contribution < 1.29 is 38.4 Å². The highest BCUT2D eigenvalue weighted by molar-refractivity contribution is 7.98. The summed E-state index contributed by atoms with van der Waals surface area (Å²) >= 11 is 1.43. The predicted octanol–water partition coefficient (Wildman–Crippen LogP) is -5.57. The van der Waals surface area contributed by atoms with E-state index < -0.39 is 79.5 Å². The fourth-order valence-corrected chi connectivity index (χ4v) is 2.69. The summed E-state index contributed by atoms with van der Waals surface area (Å²) in [6.45, 7) is -1.23. The Hall–Kier alpha value is -3.89. The van der Waals surface area contributed by atoms with E-state index in [1.54, 1.807) is 6.26 Å². The third kappa shape index (κ3) is 17.6. The van der Waals surface area contributed by atoms with Crippen LogP contribution in [0.15, 0.2) is 0 Å². The maximum absolute atomic E-state index is 12.4. The molecule has 0 heterocycles. The van der Waals surface area contributed by atoms with Gasteiger partial charge in [0.25, 0.3) is 0 Å². The standard InChI is InChI=1S/C19H32N8O8S/c1-11(28)21-6-14(30)23-8-16(32)25-10-18(34)27-12(3-4-36-2)19(35)26-9-17(33)24-7-15(31)22-5-13(20)29/h12H,3-10H2,1-2H3,(H2,20,29)(H,21,28)(H,22,31)(H,23,30)(H,24,33)(H,25,32)(H,26,35)(H,27,34)/t12-/m0/s1. The molecular weight excluding hydrogens is 500 g/mol. The van der Waals surface area contributed by atoms with Crippen LogP contribution < -0.4 is 43.0 Å². The SMILES string of the molecule is CSCC[C@H](NC(=O)CNC(=O)CNC(=O)CNC(C)=O)C(=O)NCC(=O)NCC(=O)NCC(N)=O. The van der Waals surface area contributed by atoms with Crippen LogP contribution in [0.25, 0.3) is 0 Å². The fraction of sp³-hybridized carbons (Fsp3) is 0.579. The van der Waals surface area contributed by atoms with Crippen LogP contribution in [-0.4, -0.2) is 105 Å². The van der Waals surface area contributed by atoms with E-state index in [0.717, 1.165) is 0 Å². The molecule has 0 unspecified atom stereocenters. The highest BCUT2D eigenvalue weighted by Crippen LogP contribution is 2.01. The van der Waals surface area contributed by atoms with Gasteiger partial charge in [0.05, 0.1) is 39.3 Å². The maximum Gasteiger partial charge on any atom is 0.243 e. The molecule has 0 aromatic heterocycles. The Morgan fingerprint density at radius 2 is 1.06 bits per heavy atom. The van der Waals surface area contributed by atoms with Gasteiger partial charge >= 0.3 is 0 Å². The molecule has 0 aromatic carbocycles. The van der Waals surface area contributed by atoms with E-state index in [0.29, 0.717) is 5.75 Å². The first kappa shape index (κ1) is 32.1. The Bertz CT molecular complexity index is 838. The van der Waals surface area contributed by atoms with E-state index in [2.05, 4.69) is 37.2 Å². The lowest BCUT2D eigenvalue weighted by Gasteiger charge is -2.18. The van der Waals surface area contributed by atoms with Gasteiger partial charge in [-0.25, -0.2) is 0 Å². The van der Waals surface area contributed by atoms with E-state index >= 15 is 0 Å². The zero-order valence-corrected chi connectivity index (χ0v) is 20.8. The highest BCUT2D eigenvalue weighted by Gasteiger charge is 2.21. The predicted molar refractivity (Wildman–Crippen MR) is 128 cm³/mol. The minimum atomic E-state index is -0.995. The number of hydrogen-bond donors (Lipinski definition) is 8. The summed E-state index contributed by atoms with van der Waals surface area (Å²) in [4.78, 5) is 92.4. The number of hydrogen-bond acceptors (Lipinski definition) is 9. The van der Waals surface area contributed by atoms with Crippen molar-refractivity contribution in [2.75, 3.05) is 51.3 Å². The van der Waals surface area contributed by atoms with Crippen LogP contribution in [0, 0.1) is 0 Å². The van der Waals surface area contributed by atoms with Crippen molar-refractivity contribution >= 4 is 59.0 Å². The second kappa shape index (κ2) is 18.4. The summed E-state index contributed by atoms with van der Waals surface area (Å²) in [6, 6.07) is -0.995. The molecule has 0 rings (SSSR count). The van der Waals surface area contributed by atoms with Crippen LogP contribution in [-0.2, 0) is 38.4 Å². The molecule has 9 N–H and O–H groups in total. The largest absolute Gasteiger partial charge is 0.368 e. The van der Waals surface area contributed by atoms with E-state index in [9.17, 15) is 38.4 Å². The van der Waals surface area contributed by atoms with Crippen molar-refractivity contribution in [2.24, 2.45) is 5.73 Å². The van der Waals surface area contributed by atoms with Gasteiger partial charge in [0.1, 0.15) is 6.04 Å². The molecule has 0 radical (unpaired) electrons. The summed E-state index contributed by atoms with van der Waals surface area (Å²) in [6.07, 6.45) is 2.04. The molecule has 0 bridgehead atoms. The number of primary amides is 1. The highest BCUT2D eigenvalue weighted by atomic mass is 32.2. The number of nitrogens with one attached hydrogen (secondary N) is 7. The number of amides is 8. The van der Waals surface area contributed by atoms with Crippen LogP contribution in [0.1, 0.15) is 13.3 Å². The molecule has 0 saturated carbocycles. The van der Waals surface area contributed by atoms with Crippen molar-refractivity contribution in [1.82, 2.24) is 37.2 Å². The van der Waals surface area contributed by atoms with Gasteiger partial charge in [-0.3, -0.25) is 38.4 Å². The Morgan fingerprint density at radius 1 is 0.639 bits per heavy atom. The van der Waals surface area contributed by atoms with Gasteiger partial charge in [-0.2, -0.15) is 11.8 Å². The monoisotopic (exact) mass is 532 g/mol. The first-order valence-electron chi connectivity index (χ1n) is 10.6. The van der Waals surface area contributed by atoms with Crippen LogP contribution in [0.5, 0.6) is 0 Å². The minimum Gasteiger partial charge on any atom is -0.368 e. The van der Waals surface area contributed by atoms with Gasteiger partial charge in [-0.1, -0.05) is 0 Å². The van der Waals surface area contributed by atoms with Crippen molar-refractivity contribution in [1.29, 1.82) is 0 Å². The summed E-state index contributed by atoms with van der Waals surface area (Å²) in [7, 11) is 0. The average Bonchev–Trinajstić information content (AvgIpc) is 2.83. The Labute approximate surface area is 211 Å². The smallest absolute Gasteiger partial charge is 0.243 e. The van der Waals surface area contributed by atoms with Crippen LogP contribution in [0.4, 0.5) is 0 Å². The molecule has 0 fully saturated rings. The van der Waals surface area contributed by atoms with Crippen molar-refractivity contribution in [3.05, 3.63) is 0 Å². The van der Waals surface area contributed by atoms with Gasteiger partial charge in [-0.05, 0) is 18.4 Å². The van der Waals surface area contributed by atoms with Crippen LogP contribution in [0.3, 0.4) is 0 Å². The van der Waals surface area contributed by atoms with Gasteiger partial charge < -0.3 is 43.0 Å². The average molecular weight is 533 g/mol. The molecular formula is C19H32N8O8S. The quantitative estimate of drug-likeness (QED) is 0.0888. The molecule has 0 aromatic rings. The molecule has 202 valence electrons. The summed E-state index contributed by atoms with van der Waals surface area (Å²) in [5.41, 5.74) is 4.88. The van der Waals surface area contributed by atoms with E-state index in [1.807, 2.05) is 0 Å². The Morgan fingerprint density at radius 3 is 1.50 bits per heavy atom. The third-order valence-corrected chi connectivity index (χ3v) is 4.63. The topological polar surface area (TPSA) is 247 Å². The van der Waals surface area contributed by atoms with Crippen molar-refractivity contribution in [2.45, 2.75) is 19.4 Å². The van der Waals surface area contributed by atoms with Crippen LogP contribution >= 0.6 is 11.8 Å². The van der Waals surface area contributed by atoms with E-state index in [4.69, 9.17) is 5.73 Å². The number of carbonyl (C=O) groups excluding carboxylic acids is 8. The van der Waals surface area contributed by atoms with Gasteiger partial charge in [0.15, 0.2) is 0 Å². The third-order valence-electron chi connectivity index (χ3n) is 3.98. The molecule has 0 spiro atoms. The Balaban J connectivity index is 4.46. The lowest BCUT2D eigenvalue weighted by atomic mass is 10.2. The lowest BCUT2D eigenvalue weighted by molar-refractivity contribution is -0.131. The van der Waals surface area contributed by atoms with Crippen molar-refractivity contribution in [3.63, 3.8) is 0 Å². The first-order valence-corrected chi connectivity index (χ1v) is 12.0. The second-order valence-corrected chi connectivity index (χ2v) is 8.09. The zero-order chi connectivity index (χ0) is 27.5. The van der Waals surface area contributed by atoms with Gasteiger partial charge in [-0.15, -0.1) is 0 Å². The van der Waals surface area contributed by atoms with E-state index in [-0.39, 0.29) is 19.5 Å². The summed E-state index contributed by atoms with van der Waals surface area (Å²) in [5, 5.41) is 16.0. The molecule has 1 atom stereocenters. The number of rotatable bonds is 17. The van der Waals surface area contributed by atoms with Gasteiger partial charge in [0, 0.05) is 6.92 Å². The Kier molecular flexibility index (Phi) is 16.4. The molecule has 8 amide bonds. The number of thioether (sulfide) groups is 1. The van der Waals surface area contributed by atoms with E-state index in [1.165, 1.54) is 18.7 Å². The number of nitrogens with two attached hydrogens (primary N) is 1. The zero-order valence-electron chi connectivity index (χ0n) is 20.0. The molecule has 16 nitrogen and oxygen atoms in total. The molecule has 0 aliphatic carbocycles.